The summed E-state index contributed by atoms with van der Waals surface area (Å²) < 4.78 is 7.82. The first-order valence-electron chi connectivity index (χ1n) is 6.30. The van der Waals surface area contributed by atoms with Crippen LogP contribution in [0.5, 0.6) is 0 Å². The second-order valence-corrected chi connectivity index (χ2v) is 5.36. The topological polar surface area (TPSA) is 83.0 Å². The molecule has 0 saturated heterocycles. The second-order valence-electron chi connectivity index (χ2n) is 4.37. The number of nitrogens with zero attached hydrogens (tertiary/aromatic N) is 3. The van der Waals surface area contributed by atoms with E-state index in [9.17, 15) is 4.79 Å². The highest BCUT2D eigenvalue weighted by Crippen LogP contribution is 2.16. The van der Waals surface area contributed by atoms with Crippen LogP contribution in [0.2, 0.25) is 0 Å². The number of aromatic nitrogens is 3. The molecule has 0 amide bonds. The predicted molar refractivity (Wildman–Crippen MR) is 76.4 cm³/mol. The van der Waals surface area contributed by atoms with Crippen LogP contribution in [0.4, 0.5) is 5.95 Å². The van der Waals surface area contributed by atoms with Crippen LogP contribution in [0.25, 0.3) is 10.3 Å². The van der Waals surface area contributed by atoms with Crippen molar-refractivity contribution in [2.45, 2.75) is 38.8 Å². The van der Waals surface area contributed by atoms with E-state index in [0.29, 0.717) is 12.2 Å². The molecule has 2 aromatic heterocycles. The monoisotopic (exact) mass is 282 g/mol. The molecule has 6 nitrogen and oxygen atoms in total. The number of aryl methyl sites for hydroxylation is 1. The zero-order valence-electron chi connectivity index (χ0n) is 11.1. The molecule has 2 heterocycles. The van der Waals surface area contributed by atoms with Gasteiger partial charge in [-0.05, 0) is 12.8 Å². The Hall–Kier alpha value is -1.47. The third kappa shape index (κ3) is 3.10. The number of methoxy groups -OCH3 is 1. The van der Waals surface area contributed by atoms with Gasteiger partial charge in [-0.3, -0.25) is 9.36 Å². The van der Waals surface area contributed by atoms with Crippen LogP contribution >= 0.6 is 11.3 Å². The lowest BCUT2D eigenvalue weighted by Crippen LogP contribution is -2.19. The number of rotatable bonds is 6. The molecular weight excluding hydrogens is 264 g/mol. The molecule has 0 fully saturated rings. The normalized spacial score (nSPS) is 12.9. The highest BCUT2D eigenvalue weighted by atomic mass is 32.1. The minimum absolute atomic E-state index is 0.0266. The predicted octanol–water partition coefficient (Wildman–Crippen LogP) is 1.64. The lowest BCUT2D eigenvalue weighted by atomic mass is 10.1. The number of anilines is 1. The summed E-state index contributed by atoms with van der Waals surface area (Å²) in [5, 5.41) is 0. The Morgan fingerprint density at radius 1 is 1.53 bits per heavy atom. The maximum absolute atomic E-state index is 11.9. The van der Waals surface area contributed by atoms with Crippen LogP contribution in [-0.2, 0) is 11.3 Å². The Kier molecular flexibility index (Phi) is 4.49. The molecule has 0 bridgehead atoms. The van der Waals surface area contributed by atoms with Gasteiger partial charge >= 0.3 is 4.87 Å². The lowest BCUT2D eigenvalue weighted by molar-refractivity contribution is 0.0836. The Balaban J connectivity index is 2.22. The van der Waals surface area contributed by atoms with Crippen LogP contribution < -0.4 is 10.6 Å². The van der Waals surface area contributed by atoms with Gasteiger partial charge in [0.1, 0.15) is 0 Å². The van der Waals surface area contributed by atoms with E-state index in [0.717, 1.165) is 35.3 Å². The smallest absolute Gasteiger partial charge is 0.309 e. The van der Waals surface area contributed by atoms with E-state index in [1.807, 2.05) is 0 Å². The average molecular weight is 282 g/mol. The fourth-order valence-corrected chi connectivity index (χ4v) is 2.88. The second kappa shape index (κ2) is 6.12. The molecular formula is C12H18N4O2S. The molecule has 0 aliphatic carbocycles. The average Bonchev–Trinajstić information content (AvgIpc) is 2.70. The summed E-state index contributed by atoms with van der Waals surface area (Å²) in [5.74, 6) is 0.191. The minimum Gasteiger partial charge on any atom is -0.381 e. The molecule has 0 saturated carbocycles. The van der Waals surface area contributed by atoms with Crippen LogP contribution in [0.1, 0.15) is 26.2 Å². The Bertz CT molecular complexity index is 607. The first-order valence-corrected chi connectivity index (χ1v) is 7.12. The van der Waals surface area contributed by atoms with Gasteiger partial charge in [0.05, 0.1) is 17.0 Å². The van der Waals surface area contributed by atoms with E-state index in [4.69, 9.17) is 10.5 Å². The van der Waals surface area contributed by atoms with Crippen LogP contribution in [0.15, 0.2) is 11.0 Å². The molecule has 2 rings (SSSR count). The molecule has 1 atom stereocenters. The maximum atomic E-state index is 11.9. The molecule has 0 aliphatic heterocycles. The number of nitrogen functional groups attached to an aromatic ring is 1. The molecule has 2 N–H and O–H groups in total. The van der Waals surface area contributed by atoms with E-state index < -0.39 is 0 Å². The molecule has 1 unspecified atom stereocenters. The summed E-state index contributed by atoms with van der Waals surface area (Å²) in [7, 11) is 1.70. The maximum Gasteiger partial charge on any atom is 0.309 e. The molecule has 0 aliphatic rings. The van der Waals surface area contributed by atoms with Crippen molar-refractivity contribution in [3.63, 3.8) is 0 Å². The van der Waals surface area contributed by atoms with Crippen molar-refractivity contribution in [3.05, 3.63) is 15.9 Å². The Morgan fingerprint density at radius 3 is 3.00 bits per heavy atom. The summed E-state index contributed by atoms with van der Waals surface area (Å²) in [6.45, 7) is 2.71. The number of fused-ring (bicyclic) bond motifs is 1. The lowest BCUT2D eigenvalue weighted by Gasteiger charge is -2.14. The number of ether oxygens (including phenoxy) is 1. The number of thiazole rings is 1. The summed E-state index contributed by atoms with van der Waals surface area (Å²) in [6.07, 6.45) is 4.61. The van der Waals surface area contributed by atoms with Gasteiger partial charge < -0.3 is 10.5 Å². The van der Waals surface area contributed by atoms with Crippen molar-refractivity contribution in [1.29, 1.82) is 0 Å². The Morgan fingerprint density at radius 2 is 2.32 bits per heavy atom. The van der Waals surface area contributed by atoms with Gasteiger partial charge in [-0.15, -0.1) is 0 Å². The van der Waals surface area contributed by atoms with E-state index in [2.05, 4.69) is 16.9 Å². The van der Waals surface area contributed by atoms with Crippen molar-refractivity contribution in [2.75, 3.05) is 12.8 Å². The molecule has 7 heteroatoms. The van der Waals surface area contributed by atoms with Gasteiger partial charge in [-0.1, -0.05) is 24.7 Å². The van der Waals surface area contributed by atoms with Gasteiger partial charge in [-0.2, -0.15) is 4.98 Å². The SMILES string of the molecule is CCCC(CCn1c(=O)sc2cnc(N)nc21)OC. The highest BCUT2D eigenvalue weighted by molar-refractivity contribution is 7.16. The van der Waals surface area contributed by atoms with E-state index >= 15 is 0 Å². The first-order chi connectivity index (χ1) is 9.15. The zero-order chi connectivity index (χ0) is 13.8. The zero-order valence-corrected chi connectivity index (χ0v) is 11.9. The number of hydrogen-bond donors (Lipinski definition) is 1. The van der Waals surface area contributed by atoms with Gasteiger partial charge in [0.2, 0.25) is 5.95 Å². The van der Waals surface area contributed by atoms with Crippen molar-refractivity contribution >= 4 is 27.6 Å². The highest BCUT2D eigenvalue weighted by Gasteiger charge is 2.12. The van der Waals surface area contributed by atoms with E-state index in [-0.39, 0.29) is 16.9 Å². The molecule has 2 aromatic rings. The third-order valence-corrected chi connectivity index (χ3v) is 3.95. The minimum atomic E-state index is -0.0266. The van der Waals surface area contributed by atoms with E-state index in [1.165, 1.54) is 0 Å². The largest absolute Gasteiger partial charge is 0.381 e. The quantitative estimate of drug-likeness (QED) is 0.870. The molecule has 0 aromatic carbocycles. The number of nitrogens with two attached hydrogens (primary N) is 1. The summed E-state index contributed by atoms with van der Waals surface area (Å²) >= 11 is 1.15. The van der Waals surface area contributed by atoms with Gasteiger partial charge in [-0.25, -0.2) is 4.98 Å². The standard InChI is InChI=1S/C12H18N4O2S/c1-3-4-8(18-2)5-6-16-10-9(19-12(16)17)7-14-11(13)15-10/h7-8H,3-6H2,1-2H3,(H2,13,14,15). The molecule has 0 spiro atoms. The summed E-state index contributed by atoms with van der Waals surface area (Å²) in [5.41, 5.74) is 6.19. The summed E-state index contributed by atoms with van der Waals surface area (Å²) in [4.78, 5) is 20.0. The third-order valence-electron chi connectivity index (χ3n) is 3.05. The van der Waals surface area contributed by atoms with E-state index in [1.54, 1.807) is 17.9 Å². The Labute approximate surface area is 115 Å². The summed E-state index contributed by atoms with van der Waals surface area (Å²) in [6, 6.07) is 0. The van der Waals surface area contributed by atoms with Crippen LogP contribution in [0, 0.1) is 0 Å². The van der Waals surface area contributed by atoms with Crippen LogP contribution in [0.3, 0.4) is 0 Å². The molecule has 19 heavy (non-hydrogen) atoms. The molecule has 104 valence electrons. The van der Waals surface area contributed by atoms with Gasteiger partial charge in [0, 0.05) is 13.7 Å². The fourth-order valence-electron chi connectivity index (χ4n) is 2.05. The molecule has 0 radical (unpaired) electrons. The van der Waals surface area contributed by atoms with Gasteiger partial charge in [0.15, 0.2) is 5.65 Å². The van der Waals surface area contributed by atoms with Crippen molar-refractivity contribution in [2.24, 2.45) is 0 Å². The fraction of sp³-hybridized carbons (Fsp3) is 0.583. The first kappa shape index (κ1) is 14.0. The number of hydrogen-bond acceptors (Lipinski definition) is 6. The van der Waals surface area contributed by atoms with Gasteiger partial charge in [0.25, 0.3) is 0 Å². The van der Waals surface area contributed by atoms with Crippen molar-refractivity contribution in [1.82, 2.24) is 14.5 Å². The van der Waals surface area contributed by atoms with Crippen molar-refractivity contribution in [3.8, 4) is 0 Å². The van der Waals surface area contributed by atoms with Crippen molar-refractivity contribution < 1.29 is 4.74 Å². The van der Waals surface area contributed by atoms with Crippen LogP contribution in [-0.4, -0.2) is 27.7 Å².